The molecule has 0 N–H and O–H groups in total. The van der Waals surface area contributed by atoms with Crippen molar-refractivity contribution in [3.63, 3.8) is 0 Å². The van der Waals surface area contributed by atoms with E-state index < -0.39 is 17.5 Å². The van der Waals surface area contributed by atoms with E-state index in [1.165, 1.54) is 12.3 Å². The van der Waals surface area contributed by atoms with Crippen LogP contribution in [0.25, 0.3) is 0 Å². The molecule has 3 rings (SSSR count). The fourth-order valence-corrected chi connectivity index (χ4v) is 3.02. The van der Waals surface area contributed by atoms with Gasteiger partial charge in [0.25, 0.3) is 0 Å². The van der Waals surface area contributed by atoms with E-state index in [0.717, 1.165) is 24.3 Å². The Balaban J connectivity index is 1.91. The Morgan fingerprint density at radius 1 is 1.08 bits per heavy atom. The molecule has 0 atom stereocenters. The number of pyridine rings is 1. The highest BCUT2D eigenvalue weighted by Gasteiger charge is 2.33. The first-order chi connectivity index (χ1) is 11.6. The number of benzene rings is 1. The van der Waals surface area contributed by atoms with Crippen LogP contribution >= 0.6 is 0 Å². The topological polar surface area (TPSA) is 47.0 Å². The Bertz CT molecular complexity index is 852. The van der Waals surface area contributed by atoms with Crippen LogP contribution in [0.2, 0.25) is 0 Å². The molecule has 0 saturated heterocycles. The number of hydrogen-bond donors (Lipinski definition) is 0. The molecule has 25 heavy (non-hydrogen) atoms. The van der Waals surface area contributed by atoms with Crippen LogP contribution in [0.4, 0.5) is 13.2 Å². The normalized spacial score (nSPS) is 16.4. The van der Waals surface area contributed by atoms with E-state index in [0.29, 0.717) is 24.1 Å². The molecule has 2 aromatic rings. The number of hydrogen-bond acceptors (Lipinski definition) is 3. The Kier molecular flexibility index (Phi) is 4.01. The lowest BCUT2D eigenvalue weighted by molar-refractivity contribution is -0.137. The molecule has 0 saturated carbocycles. The SMILES string of the molecule is CC1(C)CC(=O)c2cc(C(=O)c3ccc(C(F)(F)F)cc3)cnc2C1. The molecule has 0 aliphatic heterocycles. The number of carbonyl (C=O) groups excluding carboxylic acids is 2. The number of carbonyl (C=O) groups is 2. The molecule has 0 spiro atoms. The molecule has 1 aliphatic rings. The van der Waals surface area contributed by atoms with E-state index in [1.54, 1.807) is 0 Å². The monoisotopic (exact) mass is 347 g/mol. The lowest BCUT2D eigenvalue weighted by atomic mass is 9.75. The number of alkyl halides is 3. The van der Waals surface area contributed by atoms with Crippen LogP contribution in [0.15, 0.2) is 36.5 Å². The molecule has 1 aromatic heterocycles. The standard InChI is InChI=1S/C19H16F3NO2/c1-18(2)8-15-14(16(24)9-18)7-12(10-23-15)17(25)11-3-5-13(6-4-11)19(20,21)22/h3-7,10H,8-9H2,1-2H3. The molecule has 1 aromatic carbocycles. The summed E-state index contributed by atoms with van der Waals surface area (Å²) >= 11 is 0. The maximum atomic E-state index is 12.6. The number of halogens is 3. The predicted octanol–water partition coefficient (Wildman–Crippen LogP) is 4.49. The zero-order valence-electron chi connectivity index (χ0n) is 13.8. The van der Waals surface area contributed by atoms with Crippen molar-refractivity contribution in [1.29, 1.82) is 0 Å². The number of rotatable bonds is 2. The van der Waals surface area contributed by atoms with Gasteiger partial charge in [-0.1, -0.05) is 26.0 Å². The molecule has 130 valence electrons. The fraction of sp³-hybridized carbons (Fsp3) is 0.316. The maximum absolute atomic E-state index is 12.6. The predicted molar refractivity (Wildman–Crippen MR) is 85.5 cm³/mol. The Labute approximate surface area is 142 Å². The summed E-state index contributed by atoms with van der Waals surface area (Å²) in [5, 5.41) is 0. The summed E-state index contributed by atoms with van der Waals surface area (Å²) in [6.07, 6.45) is -2.05. The summed E-state index contributed by atoms with van der Waals surface area (Å²) in [5.74, 6) is -0.525. The van der Waals surface area contributed by atoms with Crippen LogP contribution in [-0.4, -0.2) is 16.6 Å². The number of fused-ring (bicyclic) bond motifs is 1. The first-order valence-corrected chi connectivity index (χ1v) is 7.81. The summed E-state index contributed by atoms with van der Waals surface area (Å²) in [6, 6.07) is 5.50. The second-order valence-electron chi connectivity index (χ2n) is 7.06. The van der Waals surface area contributed by atoms with Crippen molar-refractivity contribution < 1.29 is 22.8 Å². The van der Waals surface area contributed by atoms with E-state index in [-0.39, 0.29) is 22.3 Å². The molecule has 1 aliphatic carbocycles. The van der Waals surface area contributed by atoms with Gasteiger partial charge in [-0.05, 0) is 30.0 Å². The van der Waals surface area contributed by atoms with E-state index >= 15 is 0 Å². The second-order valence-corrected chi connectivity index (χ2v) is 7.06. The quantitative estimate of drug-likeness (QED) is 0.752. The van der Waals surface area contributed by atoms with Crippen molar-refractivity contribution in [2.24, 2.45) is 5.41 Å². The van der Waals surface area contributed by atoms with Gasteiger partial charge in [-0.15, -0.1) is 0 Å². The van der Waals surface area contributed by atoms with E-state index in [4.69, 9.17) is 0 Å². The first-order valence-electron chi connectivity index (χ1n) is 7.81. The zero-order valence-corrected chi connectivity index (χ0v) is 13.8. The molecule has 0 fully saturated rings. The van der Waals surface area contributed by atoms with Crippen LogP contribution in [0, 0.1) is 5.41 Å². The van der Waals surface area contributed by atoms with Crippen molar-refractivity contribution in [3.8, 4) is 0 Å². The minimum Gasteiger partial charge on any atom is -0.294 e. The van der Waals surface area contributed by atoms with Gasteiger partial charge in [-0.3, -0.25) is 14.6 Å². The van der Waals surface area contributed by atoms with Gasteiger partial charge in [0.2, 0.25) is 0 Å². The van der Waals surface area contributed by atoms with Crippen molar-refractivity contribution in [3.05, 3.63) is 64.5 Å². The number of nitrogens with zero attached hydrogens (tertiary/aromatic N) is 1. The summed E-state index contributed by atoms with van der Waals surface area (Å²) in [6.45, 7) is 3.97. The molecular weight excluding hydrogens is 331 g/mol. The lowest BCUT2D eigenvalue weighted by Crippen LogP contribution is -2.28. The van der Waals surface area contributed by atoms with Gasteiger partial charge >= 0.3 is 6.18 Å². The van der Waals surface area contributed by atoms with Crippen molar-refractivity contribution in [1.82, 2.24) is 4.98 Å². The molecule has 0 radical (unpaired) electrons. The summed E-state index contributed by atoms with van der Waals surface area (Å²) in [5.41, 5.74) is 0.424. The van der Waals surface area contributed by atoms with Gasteiger partial charge in [-0.25, -0.2) is 0 Å². The smallest absolute Gasteiger partial charge is 0.294 e. The number of ketones is 2. The fourth-order valence-electron chi connectivity index (χ4n) is 3.02. The largest absolute Gasteiger partial charge is 0.416 e. The molecule has 0 bridgehead atoms. The van der Waals surface area contributed by atoms with E-state index in [2.05, 4.69) is 4.98 Å². The number of Topliss-reactive ketones (excluding diaryl/α,β-unsaturated/α-hetero) is 1. The third-order valence-electron chi connectivity index (χ3n) is 4.29. The van der Waals surface area contributed by atoms with Crippen molar-refractivity contribution in [2.45, 2.75) is 32.9 Å². The highest BCUT2D eigenvalue weighted by Crippen LogP contribution is 2.34. The van der Waals surface area contributed by atoms with Gasteiger partial charge in [0.05, 0.1) is 11.3 Å². The molecular formula is C19H16F3NO2. The van der Waals surface area contributed by atoms with Crippen LogP contribution in [0.3, 0.4) is 0 Å². The molecule has 6 heteroatoms. The third kappa shape index (κ3) is 3.48. The minimum absolute atomic E-state index is 0.0687. The number of aromatic nitrogens is 1. The van der Waals surface area contributed by atoms with Crippen LogP contribution in [-0.2, 0) is 12.6 Å². The highest BCUT2D eigenvalue weighted by atomic mass is 19.4. The van der Waals surface area contributed by atoms with Crippen LogP contribution in [0.5, 0.6) is 0 Å². The Morgan fingerprint density at radius 2 is 1.72 bits per heavy atom. The van der Waals surface area contributed by atoms with E-state index in [1.807, 2.05) is 13.8 Å². The summed E-state index contributed by atoms with van der Waals surface area (Å²) in [7, 11) is 0. The average molecular weight is 347 g/mol. The van der Waals surface area contributed by atoms with Gasteiger partial charge in [0.1, 0.15) is 0 Å². The Morgan fingerprint density at radius 3 is 2.32 bits per heavy atom. The Hall–Kier alpha value is -2.50. The van der Waals surface area contributed by atoms with Gasteiger partial charge in [0.15, 0.2) is 11.6 Å². The van der Waals surface area contributed by atoms with Gasteiger partial charge < -0.3 is 0 Å². The van der Waals surface area contributed by atoms with Crippen LogP contribution in [0.1, 0.15) is 57.8 Å². The maximum Gasteiger partial charge on any atom is 0.416 e. The van der Waals surface area contributed by atoms with Crippen LogP contribution < -0.4 is 0 Å². The van der Waals surface area contributed by atoms with Gasteiger partial charge in [0, 0.05) is 29.3 Å². The summed E-state index contributed by atoms with van der Waals surface area (Å²) < 4.78 is 37.8. The van der Waals surface area contributed by atoms with Crippen molar-refractivity contribution >= 4 is 11.6 Å². The molecule has 3 nitrogen and oxygen atoms in total. The minimum atomic E-state index is -4.45. The first kappa shape index (κ1) is 17.3. The zero-order chi connectivity index (χ0) is 18.4. The second kappa shape index (κ2) is 5.79. The van der Waals surface area contributed by atoms with Crippen molar-refractivity contribution in [2.75, 3.05) is 0 Å². The lowest BCUT2D eigenvalue weighted by Gasteiger charge is -2.29. The highest BCUT2D eigenvalue weighted by molar-refractivity contribution is 6.10. The van der Waals surface area contributed by atoms with E-state index in [9.17, 15) is 22.8 Å². The third-order valence-corrected chi connectivity index (χ3v) is 4.29. The molecule has 0 unspecified atom stereocenters. The van der Waals surface area contributed by atoms with Gasteiger partial charge in [-0.2, -0.15) is 13.2 Å². The molecule has 1 heterocycles. The average Bonchev–Trinajstić information content (AvgIpc) is 2.52. The summed E-state index contributed by atoms with van der Waals surface area (Å²) in [4.78, 5) is 29.0. The molecule has 0 amide bonds.